The summed E-state index contributed by atoms with van der Waals surface area (Å²) >= 11 is 3.42. The highest BCUT2D eigenvalue weighted by molar-refractivity contribution is 9.10. The fraction of sp³-hybridized carbons (Fsp3) is 0.481. The first-order chi connectivity index (χ1) is 17.0. The highest BCUT2D eigenvalue weighted by Crippen LogP contribution is 2.26. The summed E-state index contributed by atoms with van der Waals surface area (Å²) in [6.45, 7) is 5.25. The number of sulfonamides is 1. The number of carbonyl (C=O) groups excluding carboxylic acids is 2. The van der Waals surface area contributed by atoms with Gasteiger partial charge in [0.15, 0.2) is 0 Å². The molecule has 7 nitrogen and oxygen atoms in total. The molecule has 1 N–H and O–H groups in total. The summed E-state index contributed by atoms with van der Waals surface area (Å²) in [5.74, 6) is -0.652. The molecular weight excluding hydrogens is 542 g/mol. The average molecular weight is 579 g/mol. The molecule has 0 aromatic heterocycles. The van der Waals surface area contributed by atoms with E-state index in [0.29, 0.717) is 5.69 Å². The number of benzene rings is 2. The summed E-state index contributed by atoms with van der Waals surface area (Å²) in [6, 6.07) is 12.3. The van der Waals surface area contributed by atoms with Crippen LogP contribution in [0.4, 0.5) is 5.69 Å². The van der Waals surface area contributed by atoms with E-state index in [0.717, 1.165) is 57.4 Å². The van der Waals surface area contributed by atoms with Gasteiger partial charge >= 0.3 is 0 Å². The van der Waals surface area contributed by atoms with E-state index in [9.17, 15) is 18.0 Å². The van der Waals surface area contributed by atoms with Gasteiger partial charge in [-0.2, -0.15) is 0 Å². The first-order valence-corrected chi connectivity index (χ1v) is 15.0. The predicted octanol–water partition coefficient (Wildman–Crippen LogP) is 4.70. The summed E-state index contributed by atoms with van der Waals surface area (Å²) in [6.07, 6.45) is 6.32. The second-order valence-corrected chi connectivity index (χ2v) is 12.5. The summed E-state index contributed by atoms with van der Waals surface area (Å²) in [4.78, 5) is 28.4. The molecule has 3 rings (SSSR count). The van der Waals surface area contributed by atoms with Crippen LogP contribution in [-0.2, 0) is 26.2 Å². The van der Waals surface area contributed by atoms with Crippen molar-refractivity contribution in [2.75, 3.05) is 17.1 Å². The van der Waals surface area contributed by atoms with E-state index >= 15 is 0 Å². The maximum atomic E-state index is 13.7. The monoisotopic (exact) mass is 577 g/mol. The van der Waals surface area contributed by atoms with Gasteiger partial charge in [-0.05, 0) is 68.5 Å². The van der Waals surface area contributed by atoms with Gasteiger partial charge in [-0.15, -0.1) is 0 Å². The fourth-order valence-electron chi connectivity index (χ4n) is 4.54. The number of amides is 2. The average Bonchev–Trinajstić information content (AvgIpc) is 2.83. The van der Waals surface area contributed by atoms with Crippen LogP contribution in [0.1, 0.15) is 55.7 Å². The fourth-order valence-corrected chi connectivity index (χ4v) is 5.70. The SMILES string of the molecule is Cc1cccc(N(CC(=O)N(Cc2ccc(Br)cc2)C(C)C(=O)NC2CCCCC2)S(C)(=O)=O)c1C. The molecule has 1 aliphatic carbocycles. The van der Waals surface area contributed by atoms with Crippen molar-refractivity contribution < 1.29 is 18.0 Å². The van der Waals surface area contributed by atoms with Gasteiger partial charge in [0, 0.05) is 17.1 Å². The molecule has 0 radical (unpaired) electrons. The van der Waals surface area contributed by atoms with Crippen LogP contribution in [0.25, 0.3) is 0 Å². The molecule has 0 aliphatic heterocycles. The molecule has 1 fully saturated rings. The minimum atomic E-state index is -3.75. The Bertz CT molecular complexity index is 1180. The zero-order chi connectivity index (χ0) is 26.5. The van der Waals surface area contributed by atoms with Crippen molar-refractivity contribution in [3.63, 3.8) is 0 Å². The number of nitrogens with one attached hydrogen (secondary N) is 1. The molecule has 2 amide bonds. The van der Waals surface area contributed by atoms with E-state index in [2.05, 4.69) is 21.2 Å². The van der Waals surface area contributed by atoms with Crippen molar-refractivity contribution in [1.82, 2.24) is 10.2 Å². The van der Waals surface area contributed by atoms with E-state index in [1.807, 2.05) is 44.2 Å². The van der Waals surface area contributed by atoms with Crippen molar-refractivity contribution >= 4 is 43.5 Å². The van der Waals surface area contributed by atoms with Crippen LogP contribution >= 0.6 is 15.9 Å². The van der Waals surface area contributed by atoms with Gasteiger partial charge in [0.1, 0.15) is 12.6 Å². The van der Waals surface area contributed by atoms with E-state index in [1.54, 1.807) is 19.1 Å². The largest absolute Gasteiger partial charge is 0.352 e. The molecule has 1 atom stereocenters. The normalized spacial score (nSPS) is 15.2. The van der Waals surface area contributed by atoms with E-state index in [1.165, 1.54) is 11.3 Å². The van der Waals surface area contributed by atoms with Crippen molar-refractivity contribution in [3.8, 4) is 0 Å². The summed E-state index contributed by atoms with van der Waals surface area (Å²) in [5.41, 5.74) is 3.04. The van der Waals surface area contributed by atoms with Gasteiger partial charge in [-0.25, -0.2) is 8.42 Å². The lowest BCUT2D eigenvalue weighted by Crippen LogP contribution is -2.53. The van der Waals surface area contributed by atoms with Crippen LogP contribution < -0.4 is 9.62 Å². The second kappa shape index (κ2) is 12.2. The Morgan fingerprint density at radius 2 is 1.69 bits per heavy atom. The lowest BCUT2D eigenvalue weighted by atomic mass is 9.95. The third-order valence-corrected chi connectivity index (χ3v) is 8.56. The van der Waals surface area contributed by atoms with Gasteiger partial charge in [0.2, 0.25) is 21.8 Å². The van der Waals surface area contributed by atoms with Gasteiger partial charge in [0.25, 0.3) is 0 Å². The molecule has 0 spiro atoms. The molecule has 1 unspecified atom stereocenters. The van der Waals surface area contributed by atoms with Crippen LogP contribution in [0.5, 0.6) is 0 Å². The van der Waals surface area contributed by atoms with Crippen LogP contribution in [0.15, 0.2) is 46.9 Å². The molecule has 0 heterocycles. The Labute approximate surface area is 223 Å². The van der Waals surface area contributed by atoms with E-state index in [-0.39, 0.29) is 25.0 Å². The molecule has 9 heteroatoms. The number of hydrogen-bond donors (Lipinski definition) is 1. The molecular formula is C27H36BrN3O4S. The quantitative estimate of drug-likeness (QED) is 0.468. The van der Waals surface area contributed by atoms with Crippen molar-refractivity contribution in [2.45, 2.75) is 71.5 Å². The van der Waals surface area contributed by atoms with Crippen molar-refractivity contribution in [2.24, 2.45) is 0 Å². The van der Waals surface area contributed by atoms with Gasteiger partial charge < -0.3 is 10.2 Å². The Morgan fingerprint density at radius 1 is 1.06 bits per heavy atom. The number of nitrogens with zero attached hydrogens (tertiary/aromatic N) is 2. The molecule has 36 heavy (non-hydrogen) atoms. The molecule has 2 aromatic carbocycles. The smallest absolute Gasteiger partial charge is 0.244 e. The lowest BCUT2D eigenvalue weighted by Gasteiger charge is -2.33. The molecule has 1 aliphatic rings. The summed E-state index contributed by atoms with van der Waals surface area (Å²) in [5, 5.41) is 3.11. The Morgan fingerprint density at radius 3 is 2.31 bits per heavy atom. The standard InChI is InChI=1S/C27H36BrN3O4S/c1-19-9-8-12-25(20(19)2)31(36(4,34)35)18-26(32)30(17-22-13-15-23(28)16-14-22)21(3)27(33)29-24-10-6-5-7-11-24/h8-9,12-16,21,24H,5-7,10-11,17-18H2,1-4H3,(H,29,33). The van der Waals surface area contributed by atoms with Gasteiger partial charge in [-0.1, -0.05) is 59.5 Å². The van der Waals surface area contributed by atoms with E-state index in [4.69, 9.17) is 0 Å². The van der Waals surface area contributed by atoms with E-state index < -0.39 is 22.0 Å². The topological polar surface area (TPSA) is 86.8 Å². The first kappa shape index (κ1) is 28.2. The third kappa shape index (κ3) is 7.32. The molecule has 1 saturated carbocycles. The Balaban J connectivity index is 1.89. The number of aryl methyl sites for hydroxylation is 1. The van der Waals surface area contributed by atoms with Gasteiger partial charge in [-0.3, -0.25) is 13.9 Å². The van der Waals surface area contributed by atoms with Crippen molar-refractivity contribution in [3.05, 3.63) is 63.6 Å². The molecule has 0 saturated heterocycles. The number of halogens is 1. The Hall–Kier alpha value is -2.39. The zero-order valence-corrected chi connectivity index (χ0v) is 23.9. The number of carbonyl (C=O) groups is 2. The Kier molecular flexibility index (Phi) is 9.58. The number of anilines is 1. The van der Waals surface area contributed by atoms with Crippen LogP contribution in [0.2, 0.25) is 0 Å². The first-order valence-electron chi connectivity index (χ1n) is 12.4. The molecule has 196 valence electrons. The minimum Gasteiger partial charge on any atom is -0.352 e. The molecule has 2 aromatic rings. The predicted molar refractivity (Wildman–Crippen MR) is 147 cm³/mol. The lowest BCUT2D eigenvalue weighted by molar-refractivity contribution is -0.139. The summed E-state index contributed by atoms with van der Waals surface area (Å²) < 4.78 is 27.6. The summed E-state index contributed by atoms with van der Waals surface area (Å²) in [7, 11) is -3.75. The van der Waals surface area contributed by atoms with Crippen molar-refractivity contribution in [1.29, 1.82) is 0 Å². The third-order valence-electron chi connectivity index (χ3n) is 6.91. The van der Waals surface area contributed by atoms with Crippen LogP contribution in [-0.4, -0.2) is 50.0 Å². The highest BCUT2D eigenvalue weighted by Gasteiger charge is 2.31. The van der Waals surface area contributed by atoms with Crippen LogP contribution in [0, 0.1) is 13.8 Å². The highest BCUT2D eigenvalue weighted by atomic mass is 79.9. The van der Waals surface area contributed by atoms with Gasteiger partial charge in [0.05, 0.1) is 11.9 Å². The number of hydrogen-bond acceptors (Lipinski definition) is 4. The maximum absolute atomic E-state index is 13.7. The molecule has 0 bridgehead atoms. The second-order valence-electron chi connectivity index (χ2n) is 9.66. The zero-order valence-electron chi connectivity index (χ0n) is 21.5. The maximum Gasteiger partial charge on any atom is 0.244 e. The minimum absolute atomic E-state index is 0.112. The number of rotatable bonds is 9. The van der Waals surface area contributed by atoms with Crippen LogP contribution in [0.3, 0.4) is 0 Å².